The maximum Gasteiger partial charge on any atom is 0.205 e. The minimum Gasteiger partial charge on any atom is -0.494 e. The van der Waals surface area contributed by atoms with Crippen molar-refractivity contribution in [1.82, 2.24) is 14.1 Å². The monoisotopic (exact) mass is 518 g/mol. The van der Waals surface area contributed by atoms with E-state index in [9.17, 15) is 15.5 Å². The van der Waals surface area contributed by atoms with E-state index in [-0.39, 0.29) is 11.8 Å². The lowest BCUT2D eigenvalue weighted by Gasteiger charge is -2.26. The topological polar surface area (TPSA) is 105 Å². The van der Waals surface area contributed by atoms with E-state index in [1.165, 1.54) is 4.57 Å². The van der Waals surface area contributed by atoms with Crippen LogP contribution in [-0.2, 0) is 15.9 Å². The second-order valence-electron chi connectivity index (χ2n) is 10.4. The quantitative estimate of drug-likeness (QED) is 0.294. The van der Waals surface area contributed by atoms with Crippen LogP contribution in [0.5, 0.6) is 17.5 Å². The predicted octanol–water partition coefficient (Wildman–Crippen LogP) is 5.80. The van der Waals surface area contributed by atoms with Gasteiger partial charge in [0.15, 0.2) is 0 Å². The van der Waals surface area contributed by atoms with Gasteiger partial charge in [0.1, 0.15) is 11.4 Å². The third kappa shape index (κ3) is 3.37. The molecular formula is C31H26N4O4. The first-order chi connectivity index (χ1) is 18.9. The Hall–Kier alpha value is -4.74. The Morgan fingerprint density at radius 2 is 1.77 bits per heavy atom. The zero-order valence-corrected chi connectivity index (χ0v) is 21.3. The van der Waals surface area contributed by atoms with Crippen molar-refractivity contribution in [3.05, 3.63) is 96.1 Å². The summed E-state index contributed by atoms with van der Waals surface area (Å²) in [6.45, 7) is 2.35. The molecule has 0 spiro atoms. The Labute approximate surface area is 224 Å². The first kappa shape index (κ1) is 23.4. The molecule has 2 bridgehead atoms. The Morgan fingerprint density at radius 3 is 2.51 bits per heavy atom. The van der Waals surface area contributed by atoms with E-state index < -0.39 is 11.2 Å². The molecule has 2 aliphatic heterocycles. The van der Waals surface area contributed by atoms with Crippen LogP contribution in [0.1, 0.15) is 42.9 Å². The minimum absolute atomic E-state index is 0.0301. The molecule has 1 fully saturated rings. The van der Waals surface area contributed by atoms with Crippen LogP contribution in [0, 0.1) is 11.3 Å². The van der Waals surface area contributed by atoms with Gasteiger partial charge >= 0.3 is 0 Å². The number of nitriles is 1. The highest BCUT2D eigenvalue weighted by Gasteiger charge is 2.61. The molecule has 0 radical (unpaired) electrons. The van der Waals surface area contributed by atoms with E-state index in [0.717, 1.165) is 28.6 Å². The highest BCUT2D eigenvalue weighted by Crippen LogP contribution is 2.65. The van der Waals surface area contributed by atoms with Gasteiger partial charge in [0.05, 0.1) is 47.0 Å². The minimum atomic E-state index is -0.768. The van der Waals surface area contributed by atoms with Crippen molar-refractivity contribution in [1.29, 1.82) is 5.26 Å². The smallest absolute Gasteiger partial charge is 0.205 e. The standard InChI is InChI=1S/C31H26N4O4/c1-30-12-13-31(39-30,14-17-38-22-9-7-21(8-10-22)34-16-15-33-19-34)27-26(30)28(36)35(29(27)37)25-11-6-20(18-32)23-4-2-3-5-24(23)25/h2-11,15-16,19,36-37H,12-14,17H2,1H3/t30-,31-/m0/s1. The Kier molecular flexibility index (Phi) is 5.03. The number of hydrogen-bond acceptors (Lipinski definition) is 6. The molecule has 0 saturated carbocycles. The average molecular weight is 519 g/mol. The SMILES string of the molecule is C[C@@]12CC[C@@](CCOc3ccc(-n4ccnc4)cc3)(O1)c1c2c(O)n(-c2ccc(C#N)c3ccccc23)c1O. The molecule has 39 heavy (non-hydrogen) atoms. The molecule has 8 nitrogen and oxygen atoms in total. The van der Waals surface area contributed by atoms with E-state index in [4.69, 9.17) is 9.47 Å². The average Bonchev–Trinajstić information content (AvgIpc) is 3.71. The van der Waals surface area contributed by atoms with Crippen molar-refractivity contribution >= 4 is 10.8 Å². The fourth-order valence-corrected chi connectivity index (χ4v) is 6.37. The molecule has 0 unspecified atom stereocenters. The van der Waals surface area contributed by atoms with Gasteiger partial charge in [-0.3, -0.25) is 4.57 Å². The molecular weight excluding hydrogens is 492 g/mol. The molecule has 5 aromatic rings. The maximum atomic E-state index is 11.6. The largest absolute Gasteiger partial charge is 0.494 e. The fraction of sp³-hybridized carbons (Fsp3) is 0.226. The van der Waals surface area contributed by atoms with Gasteiger partial charge in [-0.05, 0) is 56.2 Å². The maximum absolute atomic E-state index is 11.6. The predicted molar refractivity (Wildman–Crippen MR) is 144 cm³/mol. The van der Waals surface area contributed by atoms with E-state index in [1.54, 1.807) is 24.7 Å². The highest BCUT2D eigenvalue weighted by molar-refractivity contribution is 5.95. The van der Waals surface area contributed by atoms with Gasteiger partial charge in [-0.25, -0.2) is 4.98 Å². The molecule has 3 aromatic carbocycles. The second-order valence-corrected chi connectivity index (χ2v) is 10.4. The molecule has 2 N–H and O–H groups in total. The number of benzene rings is 3. The normalized spacial score (nSPS) is 21.2. The first-order valence-electron chi connectivity index (χ1n) is 13.0. The van der Waals surface area contributed by atoms with Crippen molar-refractivity contribution in [3.63, 3.8) is 0 Å². The van der Waals surface area contributed by atoms with E-state index in [2.05, 4.69) is 11.1 Å². The Bertz CT molecular complexity index is 1770. The molecule has 0 aliphatic carbocycles. The van der Waals surface area contributed by atoms with Crippen LogP contribution in [0.2, 0.25) is 0 Å². The van der Waals surface area contributed by atoms with Gasteiger partial charge in [0.25, 0.3) is 0 Å². The fourth-order valence-electron chi connectivity index (χ4n) is 6.37. The van der Waals surface area contributed by atoms with Crippen LogP contribution in [0.3, 0.4) is 0 Å². The summed E-state index contributed by atoms with van der Waals surface area (Å²) in [5, 5.41) is 34.2. The Balaban J connectivity index is 1.22. The molecule has 2 aromatic heterocycles. The molecule has 2 atom stereocenters. The molecule has 194 valence electrons. The lowest BCUT2D eigenvalue weighted by Crippen LogP contribution is -2.25. The zero-order valence-electron chi connectivity index (χ0n) is 21.3. The molecule has 1 saturated heterocycles. The summed E-state index contributed by atoms with van der Waals surface area (Å²) in [6.07, 6.45) is 7.32. The van der Waals surface area contributed by atoms with E-state index >= 15 is 0 Å². The van der Waals surface area contributed by atoms with Crippen LogP contribution in [0.25, 0.3) is 22.1 Å². The lowest BCUT2D eigenvalue weighted by molar-refractivity contribution is -0.0876. The van der Waals surface area contributed by atoms with Crippen molar-refractivity contribution in [2.24, 2.45) is 0 Å². The van der Waals surface area contributed by atoms with Gasteiger partial charge in [0.2, 0.25) is 11.8 Å². The van der Waals surface area contributed by atoms with Crippen LogP contribution < -0.4 is 4.74 Å². The Morgan fingerprint density at radius 1 is 1.00 bits per heavy atom. The summed E-state index contributed by atoms with van der Waals surface area (Å²) >= 11 is 0. The van der Waals surface area contributed by atoms with Crippen molar-refractivity contribution in [2.75, 3.05) is 6.61 Å². The number of nitrogens with zero attached hydrogens (tertiary/aromatic N) is 4. The number of hydrogen-bond donors (Lipinski definition) is 2. The summed E-state index contributed by atoms with van der Waals surface area (Å²) in [7, 11) is 0. The van der Waals surface area contributed by atoms with Gasteiger partial charge < -0.3 is 24.3 Å². The molecule has 4 heterocycles. The summed E-state index contributed by atoms with van der Waals surface area (Å²) in [5.74, 6) is 0.672. The summed E-state index contributed by atoms with van der Waals surface area (Å²) in [5.41, 5.74) is 1.92. The number of ether oxygens (including phenoxy) is 2. The van der Waals surface area contributed by atoms with Gasteiger partial charge in [0, 0.05) is 35.3 Å². The van der Waals surface area contributed by atoms with Gasteiger partial charge in [-0.1, -0.05) is 24.3 Å². The lowest BCUT2D eigenvalue weighted by atomic mass is 9.78. The van der Waals surface area contributed by atoms with E-state index in [1.807, 2.05) is 66.2 Å². The summed E-state index contributed by atoms with van der Waals surface area (Å²) in [4.78, 5) is 4.08. The van der Waals surface area contributed by atoms with Crippen molar-refractivity contribution < 1.29 is 19.7 Å². The van der Waals surface area contributed by atoms with Gasteiger partial charge in [-0.2, -0.15) is 5.26 Å². The summed E-state index contributed by atoms with van der Waals surface area (Å²) < 4.78 is 16.1. The molecule has 2 aliphatic rings. The summed E-state index contributed by atoms with van der Waals surface area (Å²) in [6, 6.07) is 21.0. The number of imidazole rings is 1. The second kappa shape index (κ2) is 8.38. The molecule has 0 amide bonds. The first-order valence-corrected chi connectivity index (χ1v) is 13.0. The molecule has 7 rings (SSSR count). The van der Waals surface area contributed by atoms with Crippen LogP contribution in [-0.4, -0.2) is 30.9 Å². The van der Waals surface area contributed by atoms with Crippen LogP contribution in [0.15, 0.2) is 79.4 Å². The highest BCUT2D eigenvalue weighted by atomic mass is 16.5. The van der Waals surface area contributed by atoms with E-state index in [0.29, 0.717) is 41.8 Å². The zero-order chi connectivity index (χ0) is 26.8. The number of aromatic nitrogens is 3. The van der Waals surface area contributed by atoms with Gasteiger partial charge in [-0.15, -0.1) is 0 Å². The van der Waals surface area contributed by atoms with Crippen LogP contribution in [0.4, 0.5) is 0 Å². The third-order valence-electron chi connectivity index (χ3n) is 8.21. The third-order valence-corrected chi connectivity index (χ3v) is 8.21. The number of fused-ring (bicyclic) bond motifs is 6. The number of aromatic hydroxyl groups is 2. The molecule has 8 heteroatoms. The van der Waals surface area contributed by atoms with Crippen LogP contribution >= 0.6 is 0 Å². The number of rotatable bonds is 6. The van der Waals surface area contributed by atoms with Crippen molar-refractivity contribution in [3.8, 4) is 35.0 Å². The van der Waals surface area contributed by atoms with Crippen molar-refractivity contribution in [2.45, 2.75) is 37.4 Å².